The van der Waals surface area contributed by atoms with E-state index >= 15 is 0 Å². The van der Waals surface area contributed by atoms with Gasteiger partial charge in [0.2, 0.25) is 0 Å². The Bertz CT molecular complexity index is 434. The molecule has 1 aromatic rings. The average molecular weight is 281 g/mol. The van der Waals surface area contributed by atoms with Crippen LogP contribution in [0.1, 0.15) is 17.5 Å². The van der Waals surface area contributed by atoms with Gasteiger partial charge in [0.1, 0.15) is 5.75 Å². The van der Waals surface area contributed by atoms with Crippen molar-refractivity contribution in [2.75, 3.05) is 26.9 Å². The first-order valence-corrected chi connectivity index (χ1v) is 6.66. The van der Waals surface area contributed by atoms with Crippen LogP contribution in [-0.4, -0.2) is 44.0 Å². The lowest BCUT2D eigenvalue weighted by Crippen LogP contribution is -2.32. The Morgan fingerprint density at radius 1 is 1.40 bits per heavy atom. The number of rotatable bonds is 8. The second kappa shape index (κ2) is 8.55. The van der Waals surface area contributed by atoms with E-state index in [-0.39, 0.29) is 19.1 Å². The molecule has 1 amide bonds. The van der Waals surface area contributed by atoms with Gasteiger partial charge in [-0.05, 0) is 31.9 Å². The van der Waals surface area contributed by atoms with Crippen molar-refractivity contribution in [1.82, 2.24) is 5.32 Å². The fourth-order valence-corrected chi connectivity index (χ4v) is 1.81. The highest BCUT2D eigenvalue weighted by molar-refractivity contribution is 5.77. The Morgan fingerprint density at radius 3 is 2.80 bits per heavy atom. The van der Waals surface area contributed by atoms with Gasteiger partial charge in [0.15, 0.2) is 6.61 Å². The molecule has 1 rings (SSSR count). The van der Waals surface area contributed by atoms with Gasteiger partial charge >= 0.3 is 0 Å². The zero-order valence-corrected chi connectivity index (χ0v) is 12.3. The SMILES string of the molecule is COCC(O)CCNC(=O)COc1ccc(C)cc1C. The average Bonchev–Trinajstić information content (AvgIpc) is 2.38. The van der Waals surface area contributed by atoms with E-state index < -0.39 is 6.10 Å². The molecule has 0 aliphatic rings. The molecule has 0 saturated carbocycles. The summed E-state index contributed by atoms with van der Waals surface area (Å²) < 4.78 is 10.3. The standard InChI is InChI=1S/C15H23NO4/c1-11-4-5-14(12(2)8-11)20-10-15(18)16-7-6-13(17)9-19-3/h4-5,8,13,17H,6-7,9-10H2,1-3H3,(H,16,18). The molecule has 0 saturated heterocycles. The number of hydrogen-bond acceptors (Lipinski definition) is 4. The number of methoxy groups -OCH3 is 1. The molecule has 20 heavy (non-hydrogen) atoms. The van der Waals surface area contributed by atoms with Crippen LogP contribution >= 0.6 is 0 Å². The molecule has 0 heterocycles. The maximum absolute atomic E-state index is 11.6. The summed E-state index contributed by atoms with van der Waals surface area (Å²) in [6.45, 7) is 4.61. The summed E-state index contributed by atoms with van der Waals surface area (Å²) in [7, 11) is 1.53. The van der Waals surface area contributed by atoms with E-state index in [1.54, 1.807) is 0 Å². The lowest BCUT2D eigenvalue weighted by atomic mass is 10.1. The molecule has 0 radical (unpaired) electrons. The van der Waals surface area contributed by atoms with Crippen molar-refractivity contribution in [2.45, 2.75) is 26.4 Å². The van der Waals surface area contributed by atoms with Crippen LogP contribution in [0, 0.1) is 13.8 Å². The van der Waals surface area contributed by atoms with E-state index in [1.807, 2.05) is 32.0 Å². The number of hydrogen-bond donors (Lipinski definition) is 2. The minimum Gasteiger partial charge on any atom is -0.484 e. The van der Waals surface area contributed by atoms with Crippen molar-refractivity contribution in [3.05, 3.63) is 29.3 Å². The van der Waals surface area contributed by atoms with Gasteiger partial charge in [-0.3, -0.25) is 4.79 Å². The molecule has 0 aromatic heterocycles. The van der Waals surface area contributed by atoms with Crippen molar-refractivity contribution in [1.29, 1.82) is 0 Å². The van der Waals surface area contributed by atoms with E-state index in [0.29, 0.717) is 18.7 Å². The van der Waals surface area contributed by atoms with Gasteiger partial charge in [0, 0.05) is 13.7 Å². The number of aliphatic hydroxyl groups excluding tert-OH is 1. The third-order valence-corrected chi connectivity index (χ3v) is 2.85. The fourth-order valence-electron chi connectivity index (χ4n) is 1.81. The molecular formula is C15H23NO4. The third-order valence-electron chi connectivity index (χ3n) is 2.85. The number of carbonyl (C=O) groups is 1. The highest BCUT2D eigenvalue weighted by Gasteiger charge is 2.07. The highest BCUT2D eigenvalue weighted by Crippen LogP contribution is 2.18. The van der Waals surface area contributed by atoms with Crippen molar-refractivity contribution >= 4 is 5.91 Å². The van der Waals surface area contributed by atoms with Crippen LogP contribution in [0.15, 0.2) is 18.2 Å². The Balaban J connectivity index is 2.26. The number of aliphatic hydroxyl groups is 1. The summed E-state index contributed by atoms with van der Waals surface area (Å²) in [4.78, 5) is 11.6. The van der Waals surface area contributed by atoms with Crippen molar-refractivity contribution < 1.29 is 19.4 Å². The predicted octanol–water partition coefficient (Wildman–Crippen LogP) is 1.20. The molecule has 5 heteroatoms. The van der Waals surface area contributed by atoms with E-state index in [0.717, 1.165) is 11.1 Å². The van der Waals surface area contributed by atoms with Crippen LogP contribution in [-0.2, 0) is 9.53 Å². The number of ether oxygens (including phenoxy) is 2. The number of carbonyl (C=O) groups excluding carboxylic acids is 1. The topological polar surface area (TPSA) is 67.8 Å². The minimum atomic E-state index is -0.555. The molecule has 0 aliphatic carbocycles. The number of amides is 1. The summed E-state index contributed by atoms with van der Waals surface area (Å²) in [6, 6.07) is 5.82. The van der Waals surface area contributed by atoms with Crippen LogP contribution in [0.5, 0.6) is 5.75 Å². The van der Waals surface area contributed by atoms with Crippen LogP contribution in [0.2, 0.25) is 0 Å². The van der Waals surface area contributed by atoms with Crippen LogP contribution in [0.4, 0.5) is 0 Å². The molecular weight excluding hydrogens is 258 g/mol. The predicted molar refractivity (Wildman–Crippen MR) is 76.9 cm³/mol. The number of benzene rings is 1. The summed E-state index contributed by atoms with van der Waals surface area (Å²) in [5.41, 5.74) is 2.17. The highest BCUT2D eigenvalue weighted by atomic mass is 16.5. The van der Waals surface area contributed by atoms with Crippen LogP contribution < -0.4 is 10.1 Å². The Kier molecular flexibility index (Phi) is 7.04. The maximum atomic E-state index is 11.6. The van der Waals surface area contributed by atoms with Gasteiger partial charge in [0.05, 0.1) is 12.7 Å². The lowest BCUT2D eigenvalue weighted by Gasteiger charge is -2.12. The van der Waals surface area contributed by atoms with E-state index in [9.17, 15) is 9.90 Å². The Labute approximate surface area is 119 Å². The number of aryl methyl sites for hydroxylation is 2. The third kappa shape index (κ3) is 6.04. The fraction of sp³-hybridized carbons (Fsp3) is 0.533. The summed E-state index contributed by atoms with van der Waals surface area (Å²) in [5.74, 6) is 0.514. The van der Waals surface area contributed by atoms with Gasteiger partial charge in [0.25, 0.3) is 5.91 Å². The second-order valence-electron chi connectivity index (χ2n) is 4.81. The van der Waals surface area contributed by atoms with E-state index in [1.165, 1.54) is 7.11 Å². The largest absolute Gasteiger partial charge is 0.484 e. The van der Waals surface area contributed by atoms with Gasteiger partial charge in [-0.25, -0.2) is 0 Å². The molecule has 2 N–H and O–H groups in total. The first-order chi connectivity index (χ1) is 9.52. The summed E-state index contributed by atoms with van der Waals surface area (Å²) in [6.07, 6.45) is -0.0936. The first kappa shape index (κ1) is 16.5. The van der Waals surface area contributed by atoms with Crippen LogP contribution in [0.3, 0.4) is 0 Å². The minimum absolute atomic E-state index is 0.0235. The molecule has 0 spiro atoms. The van der Waals surface area contributed by atoms with Crippen LogP contribution in [0.25, 0.3) is 0 Å². The molecule has 1 aromatic carbocycles. The second-order valence-corrected chi connectivity index (χ2v) is 4.81. The quantitative estimate of drug-likeness (QED) is 0.751. The monoisotopic (exact) mass is 281 g/mol. The number of nitrogens with one attached hydrogen (secondary N) is 1. The van der Waals surface area contributed by atoms with Crippen molar-refractivity contribution in [3.63, 3.8) is 0 Å². The Morgan fingerprint density at radius 2 is 2.15 bits per heavy atom. The van der Waals surface area contributed by atoms with Crippen molar-refractivity contribution in [3.8, 4) is 5.75 Å². The lowest BCUT2D eigenvalue weighted by molar-refractivity contribution is -0.123. The molecule has 112 valence electrons. The van der Waals surface area contributed by atoms with Gasteiger partial charge in [-0.2, -0.15) is 0 Å². The molecule has 1 unspecified atom stereocenters. The molecule has 0 aliphatic heterocycles. The molecule has 0 bridgehead atoms. The smallest absolute Gasteiger partial charge is 0.257 e. The van der Waals surface area contributed by atoms with E-state index in [2.05, 4.69) is 5.32 Å². The zero-order valence-electron chi connectivity index (χ0n) is 12.3. The maximum Gasteiger partial charge on any atom is 0.257 e. The van der Waals surface area contributed by atoms with E-state index in [4.69, 9.17) is 9.47 Å². The molecule has 5 nitrogen and oxygen atoms in total. The molecule has 0 fully saturated rings. The molecule has 1 atom stereocenters. The van der Waals surface area contributed by atoms with Gasteiger partial charge < -0.3 is 19.9 Å². The van der Waals surface area contributed by atoms with Gasteiger partial charge in [-0.15, -0.1) is 0 Å². The normalized spacial score (nSPS) is 12.0. The van der Waals surface area contributed by atoms with Gasteiger partial charge in [-0.1, -0.05) is 17.7 Å². The zero-order chi connectivity index (χ0) is 15.0. The Hall–Kier alpha value is -1.59. The van der Waals surface area contributed by atoms with Crippen molar-refractivity contribution in [2.24, 2.45) is 0 Å². The summed E-state index contributed by atoms with van der Waals surface area (Å²) in [5, 5.41) is 12.1. The first-order valence-electron chi connectivity index (χ1n) is 6.66. The summed E-state index contributed by atoms with van der Waals surface area (Å²) >= 11 is 0.